The van der Waals surface area contributed by atoms with Gasteiger partial charge >= 0.3 is 0 Å². The standard InChI is InChI=1S/C29H37N5O6/c1-32-16-18-40-25-10-6-5-9-22(25)27(37)31-24(29(39)34-13-11-33(12-14-34)15-17-35)20-26(36)30-23(28(32)38)19-21-7-3-2-4-8-21/h2-10,23-24,35H,11-20H2,1H3,(H,30,36)(H,31,37)/t23-,24+/m1/s1. The van der Waals surface area contributed by atoms with E-state index < -0.39 is 23.9 Å². The molecule has 1 fully saturated rings. The van der Waals surface area contributed by atoms with Crippen molar-refractivity contribution in [1.29, 1.82) is 0 Å². The van der Waals surface area contributed by atoms with Crippen molar-refractivity contribution in [2.75, 3.05) is 59.5 Å². The van der Waals surface area contributed by atoms with Crippen LogP contribution in [0.2, 0.25) is 0 Å². The molecule has 214 valence electrons. The van der Waals surface area contributed by atoms with Crippen LogP contribution in [0.3, 0.4) is 0 Å². The second-order valence-electron chi connectivity index (χ2n) is 10.0. The van der Waals surface area contributed by atoms with Gasteiger partial charge < -0.3 is 30.3 Å². The number of nitrogens with one attached hydrogen (secondary N) is 2. The lowest BCUT2D eigenvalue weighted by atomic mass is 10.0. The number of likely N-dealkylation sites (N-methyl/N-ethyl adjacent to an activating group) is 1. The number of para-hydroxylation sites is 1. The lowest BCUT2D eigenvalue weighted by Crippen LogP contribution is -2.57. The van der Waals surface area contributed by atoms with Crippen LogP contribution in [0.25, 0.3) is 0 Å². The van der Waals surface area contributed by atoms with Gasteiger partial charge in [-0.2, -0.15) is 0 Å². The van der Waals surface area contributed by atoms with E-state index in [-0.39, 0.29) is 50.0 Å². The lowest BCUT2D eigenvalue weighted by molar-refractivity contribution is -0.138. The highest BCUT2D eigenvalue weighted by molar-refractivity contribution is 6.01. The highest BCUT2D eigenvalue weighted by atomic mass is 16.5. The molecule has 2 aromatic rings. The van der Waals surface area contributed by atoms with Gasteiger partial charge in [0, 0.05) is 46.2 Å². The number of piperazine rings is 1. The fraction of sp³-hybridized carbons (Fsp3) is 0.448. The molecule has 0 saturated carbocycles. The molecule has 2 aliphatic rings. The summed E-state index contributed by atoms with van der Waals surface area (Å²) in [4.78, 5) is 58.8. The molecular formula is C29H37N5O6. The van der Waals surface area contributed by atoms with Crippen molar-refractivity contribution in [2.45, 2.75) is 24.9 Å². The first-order chi connectivity index (χ1) is 19.4. The molecule has 4 amide bonds. The summed E-state index contributed by atoms with van der Waals surface area (Å²) in [5, 5.41) is 14.8. The van der Waals surface area contributed by atoms with E-state index in [2.05, 4.69) is 10.6 Å². The maximum absolute atomic E-state index is 13.6. The number of aliphatic hydroxyl groups excluding tert-OH is 1. The van der Waals surface area contributed by atoms with Crippen LogP contribution in [0.4, 0.5) is 0 Å². The van der Waals surface area contributed by atoms with Crippen LogP contribution in [0.1, 0.15) is 22.3 Å². The van der Waals surface area contributed by atoms with Crippen molar-refractivity contribution in [3.63, 3.8) is 0 Å². The van der Waals surface area contributed by atoms with Gasteiger partial charge in [-0.15, -0.1) is 0 Å². The maximum Gasteiger partial charge on any atom is 0.255 e. The largest absolute Gasteiger partial charge is 0.491 e. The smallest absolute Gasteiger partial charge is 0.255 e. The molecule has 0 unspecified atom stereocenters. The minimum absolute atomic E-state index is 0.0341. The summed E-state index contributed by atoms with van der Waals surface area (Å²) in [6.07, 6.45) is -0.0516. The summed E-state index contributed by atoms with van der Waals surface area (Å²) < 4.78 is 5.88. The van der Waals surface area contributed by atoms with E-state index in [4.69, 9.17) is 4.74 Å². The number of benzene rings is 2. The van der Waals surface area contributed by atoms with Gasteiger partial charge in [0.1, 0.15) is 24.4 Å². The third kappa shape index (κ3) is 7.57. The first-order valence-corrected chi connectivity index (χ1v) is 13.6. The van der Waals surface area contributed by atoms with Crippen molar-refractivity contribution >= 4 is 23.6 Å². The number of hydrogen-bond acceptors (Lipinski definition) is 7. The Kier molecular flexibility index (Phi) is 10.1. The minimum Gasteiger partial charge on any atom is -0.491 e. The van der Waals surface area contributed by atoms with Crippen molar-refractivity contribution in [2.24, 2.45) is 0 Å². The second kappa shape index (κ2) is 13.9. The molecule has 11 nitrogen and oxygen atoms in total. The average molecular weight is 552 g/mol. The third-order valence-electron chi connectivity index (χ3n) is 7.20. The summed E-state index contributed by atoms with van der Waals surface area (Å²) in [6.45, 7) is 2.92. The summed E-state index contributed by atoms with van der Waals surface area (Å²) >= 11 is 0. The van der Waals surface area contributed by atoms with Crippen molar-refractivity contribution in [3.8, 4) is 5.75 Å². The molecule has 3 N–H and O–H groups in total. The highest BCUT2D eigenvalue weighted by Crippen LogP contribution is 2.19. The Bertz CT molecular complexity index is 1180. The molecule has 0 spiro atoms. The Hall–Kier alpha value is -3.96. The van der Waals surface area contributed by atoms with E-state index in [9.17, 15) is 24.3 Å². The molecular weight excluding hydrogens is 514 g/mol. The topological polar surface area (TPSA) is 132 Å². The molecule has 11 heteroatoms. The number of rotatable bonds is 5. The third-order valence-corrected chi connectivity index (χ3v) is 7.20. The fourth-order valence-corrected chi connectivity index (χ4v) is 4.93. The van der Waals surface area contributed by atoms with E-state index in [0.717, 1.165) is 5.56 Å². The van der Waals surface area contributed by atoms with Gasteiger partial charge in [-0.25, -0.2) is 0 Å². The van der Waals surface area contributed by atoms with Gasteiger partial charge in [0.2, 0.25) is 17.7 Å². The van der Waals surface area contributed by atoms with E-state index in [0.29, 0.717) is 38.5 Å². The van der Waals surface area contributed by atoms with E-state index >= 15 is 0 Å². The number of carbonyl (C=O) groups excluding carboxylic acids is 4. The number of ether oxygens (including phenoxy) is 1. The van der Waals surface area contributed by atoms with E-state index in [1.54, 1.807) is 36.2 Å². The van der Waals surface area contributed by atoms with Crippen molar-refractivity contribution < 1.29 is 29.0 Å². The van der Waals surface area contributed by atoms with Crippen LogP contribution in [-0.2, 0) is 20.8 Å². The Balaban J connectivity index is 1.59. The predicted molar refractivity (Wildman–Crippen MR) is 148 cm³/mol. The Labute approximate surface area is 234 Å². The molecule has 4 rings (SSSR count). The molecule has 0 bridgehead atoms. The minimum atomic E-state index is -1.14. The van der Waals surface area contributed by atoms with Crippen LogP contribution >= 0.6 is 0 Å². The number of nitrogens with zero attached hydrogens (tertiary/aromatic N) is 3. The highest BCUT2D eigenvalue weighted by Gasteiger charge is 2.33. The fourth-order valence-electron chi connectivity index (χ4n) is 4.93. The number of β-amino-alcohol motifs (C(OH)–C–C–N with tert-alkyl or cyclic N) is 1. The summed E-state index contributed by atoms with van der Waals surface area (Å²) in [7, 11) is 1.64. The number of fused-ring (bicyclic) bond motifs is 1. The molecule has 2 atom stereocenters. The number of amides is 4. The molecule has 0 aromatic heterocycles. The monoisotopic (exact) mass is 551 g/mol. The van der Waals surface area contributed by atoms with Crippen LogP contribution < -0.4 is 15.4 Å². The van der Waals surface area contributed by atoms with Gasteiger partial charge in [0.25, 0.3) is 5.91 Å². The zero-order chi connectivity index (χ0) is 28.5. The normalized spacial score (nSPS) is 21.5. The quantitative estimate of drug-likeness (QED) is 0.473. The molecule has 0 radical (unpaired) electrons. The van der Waals surface area contributed by atoms with Crippen LogP contribution in [0.5, 0.6) is 5.75 Å². The van der Waals surface area contributed by atoms with Gasteiger partial charge in [-0.05, 0) is 17.7 Å². The molecule has 2 aromatic carbocycles. The molecule has 40 heavy (non-hydrogen) atoms. The van der Waals surface area contributed by atoms with Crippen LogP contribution in [0.15, 0.2) is 54.6 Å². The molecule has 0 aliphatic carbocycles. The zero-order valence-corrected chi connectivity index (χ0v) is 22.8. The molecule has 2 heterocycles. The predicted octanol–water partition coefficient (Wildman–Crippen LogP) is -0.110. The number of carbonyl (C=O) groups is 4. The van der Waals surface area contributed by atoms with Crippen molar-refractivity contribution in [3.05, 3.63) is 65.7 Å². The second-order valence-corrected chi connectivity index (χ2v) is 10.0. The van der Waals surface area contributed by atoms with Gasteiger partial charge in [0.15, 0.2) is 0 Å². The van der Waals surface area contributed by atoms with Crippen LogP contribution in [-0.4, -0.2) is 115 Å². The summed E-state index contributed by atoms with van der Waals surface area (Å²) in [5.74, 6) is -1.37. The van der Waals surface area contributed by atoms with E-state index in [1.165, 1.54) is 4.90 Å². The van der Waals surface area contributed by atoms with Crippen LogP contribution in [0, 0.1) is 0 Å². The molecule has 1 saturated heterocycles. The van der Waals surface area contributed by atoms with Gasteiger partial charge in [-0.1, -0.05) is 42.5 Å². The Morgan fingerprint density at radius 1 is 0.950 bits per heavy atom. The summed E-state index contributed by atoms with van der Waals surface area (Å²) in [5.41, 5.74) is 1.11. The number of hydrogen-bond donors (Lipinski definition) is 3. The van der Waals surface area contributed by atoms with Gasteiger partial charge in [-0.3, -0.25) is 24.1 Å². The van der Waals surface area contributed by atoms with E-state index in [1.807, 2.05) is 35.2 Å². The van der Waals surface area contributed by atoms with Gasteiger partial charge in [0.05, 0.1) is 25.1 Å². The van der Waals surface area contributed by atoms with Crippen molar-refractivity contribution in [1.82, 2.24) is 25.3 Å². The zero-order valence-electron chi connectivity index (χ0n) is 22.8. The first kappa shape index (κ1) is 29.0. The maximum atomic E-state index is 13.6. The Morgan fingerprint density at radius 2 is 1.65 bits per heavy atom. The summed E-state index contributed by atoms with van der Waals surface area (Å²) in [6, 6.07) is 14.1. The molecule has 2 aliphatic heterocycles. The SMILES string of the molecule is CN1CCOc2ccccc2C(=O)N[C@H](C(=O)N2CCN(CCO)CC2)CC(=O)N[C@H](Cc2ccccc2)C1=O. The first-order valence-electron chi connectivity index (χ1n) is 13.6. The number of aliphatic hydroxyl groups is 1. The average Bonchev–Trinajstić information content (AvgIpc) is 2.96. The lowest BCUT2D eigenvalue weighted by Gasteiger charge is -2.36. The Morgan fingerprint density at radius 3 is 2.38 bits per heavy atom.